The van der Waals surface area contributed by atoms with Crippen LogP contribution in [0.5, 0.6) is 0 Å². The number of aromatic nitrogens is 3. The first kappa shape index (κ1) is 14.6. The van der Waals surface area contributed by atoms with E-state index in [1.54, 1.807) is 22.2 Å². The van der Waals surface area contributed by atoms with E-state index in [2.05, 4.69) is 22.1 Å². The average Bonchev–Trinajstić information content (AvgIpc) is 3.04. The lowest BCUT2D eigenvalue weighted by atomic mass is 10.1. The Labute approximate surface area is 137 Å². The maximum absolute atomic E-state index is 13.0. The SMILES string of the molecule is Cc1noc(C)c1Cn1cnc2sc3c(c2c1=O)CCN(C)C3. The maximum atomic E-state index is 13.0. The summed E-state index contributed by atoms with van der Waals surface area (Å²) in [7, 11) is 2.11. The molecule has 0 amide bonds. The third-order valence-electron chi connectivity index (χ3n) is 4.53. The fourth-order valence-corrected chi connectivity index (χ4v) is 4.42. The molecule has 0 aromatic carbocycles. The van der Waals surface area contributed by atoms with Crippen LogP contribution in [0.4, 0.5) is 0 Å². The van der Waals surface area contributed by atoms with Crippen molar-refractivity contribution >= 4 is 21.6 Å². The minimum atomic E-state index is 0.0389. The molecule has 3 aromatic rings. The molecule has 0 saturated heterocycles. The lowest BCUT2D eigenvalue weighted by molar-refractivity contribution is 0.318. The Morgan fingerprint density at radius 3 is 2.96 bits per heavy atom. The van der Waals surface area contributed by atoms with E-state index in [4.69, 9.17) is 4.52 Å². The molecule has 23 heavy (non-hydrogen) atoms. The van der Waals surface area contributed by atoms with Crippen LogP contribution in [-0.4, -0.2) is 33.2 Å². The number of hydrogen-bond acceptors (Lipinski definition) is 6. The molecule has 0 aliphatic carbocycles. The Morgan fingerprint density at radius 2 is 2.22 bits per heavy atom. The van der Waals surface area contributed by atoms with Crippen LogP contribution >= 0.6 is 11.3 Å². The zero-order valence-corrected chi connectivity index (χ0v) is 14.2. The van der Waals surface area contributed by atoms with E-state index < -0.39 is 0 Å². The molecule has 0 N–H and O–H groups in total. The number of nitrogens with zero attached hydrogens (tertiary/aromatic N) is 4. The van der Waals surface area contributed by atoms with Gasteiger partial charge in [-0.2, -0.15) is 0 Å². The van der Waals surface area contributed by atoms with Crippen LogP contribution in [-0.2, 0) is 19.5 Å². The second-order valence-corrected chi connectivity index (χ2v) is 7.24. The summed E-state index contributed by atoms with van der Waals surface area (Å²) in [5, 5.41) is 4.76. The van der Waals surface area contributed by atoms with Gasteiger partial charge >= 0.3 is 0 Å². The Kier molecular flexibility index (Phi) is 3.35. The molecule has 0 unspecified atom stereocenters. The number of thiophene rings is 1. The summed E-state index contributed by atoms with van der Waals surface area (Å²) >= 11 is 1.64. The first-order valence-corrected chi connectivity index (χ1v) is 8.46. The van der Waals surface area contributed by atoms with Gasteiger partial charge in [-0.15, -0.1) is 11.3 Å². The molecule has 1 aliphatic heterocycles. The minimum Gasteiger partial charge on any atom is -0.361 e. The zero-order valence-electron chi connectivity index (χ0n) is 13.4. The molecule has 6 nitrogen and oxygen atoms in total. The van der Waals surface area contributed by atoms with Gasteiger partial charge in [0.25, 0.3) is 5.56 Å². The Hall–Kier alpha value is -1.99. The lowest BCUT2D eigenvalue weighted by Gasteiger charge is -2.21. The second kappa shape index (κ2) is 5.28. The van der Waals surface area contributed by atoms with Crippen LogP contribution in [0.2, 0.25) is 0 Å². The van der Waals surface area contributed by atoms with Crippen LogP contribution in [0.3, 0.4) is 0 Å². The highest BCUT2D eigenvalue weighted by Gasteiger charge is 2.22. The summed E-state index contributed by atoms with van der Waals surface area (Å²) in [6.07, 6.45) is 2.56. The largest absolute Gasteiger partial charge is 0.361 e. The van der Waals surface area contributed by atoms with Gasteiger partial charge in [0.1, 0.15) is 10.6 Å². The molecule has 0 radical (unpaired) electrons. The fourth-order valence-electron chi connectivity index (χ4n) is 3.16. The monoisotopic (exact) mass is 330 g/mol. The van der Waals surface area contributed by atoms with E-state index in [9.17, 15) is 4.79 Å². The smallest absolute Gasteiger partial charge is 0.262 e. The lowest BCUT2D eigenvalue weighted by Crippen LogP contribution is -2.27. The third-order valence-corrected chi connectivity index (χ3v) is 5.65. The van der Waals surface area contributed by atoms with Crippen molar-refractivity contribution in [2.24, 2.45) is 0 Å². The van der Waals surface area contributed by atoms with E-state index in [1.807, 2.05) is 13.8 Å². The van der Waals surface area contributed by atoms with Gasteiger partial charge in [-0.1, -0.05) is 5.16 Å². The number of rotatable bonds is 2. The summed E-state index contributed by atoms with van der Waals surface area (Å²) in [5.74, 6) is 0.753. The van der Waals surface area contributed by atoms with E-state index in [0.29, 0.717) is 6.54 Å². The van der Waals surface area contributed by atoms with Crippen molar-refractivity contribution < 1.29 is 4.52 Å². The maximum Gasteiger partial charge on any atom is 0.262 e. The third kappa shape index (κ3) is 2.31. The Morgan fingerprint density at radius 1 is 1.39 bits per heavy atom. The second-order valence-electron chi connectivity index (χ2n) is 6.15. The van der Waals surface area contributed by atoms with Crippen molar-refractivity contribution in [1.29, 1.82) is 0 Å². The van der Waals surface area contributed by atoms with Gasteiger partial charge in [0.2, 0.25) is 0 Å². The van der Waals surface area contributed by atoms with Crippen molar-refractivity contribution in [3.8, 4) is 0 Å². The Balaban J connectivity index is 1.84. The molecule has 0 spiro atoms. The molecule has 0 bridgehead atoms. The van der Waals surface area contributed by atoms with Crippen molar-refractivity contribution in [3.05, 3.63) is 44.1 Å². The first-order valence-electron chi connectivity index (χ1n) is 7.64. The van der Waals surface area contributed by atoms with Gasteiger partial charge in [-0.3, -0.25) is 9.36 Å². The van der Waals surface area contributed by atoms with Gasteiger partial charge in [0, 0.05) is 23.5 Å². The molecular formula is C16H18N4O2S. The van der Waals surface area contributed by atoms with Crippen LogP contribution in [0, 0.1) is 13.8 Å². The predicted molar refractivity (Wildman–Crippen MR) is 89.0 cm³/mol. The van der Waals surface area contributed by atoms with Gasteiger partial charge in [0.05, 0.1) is 24.0 Å². The van der Waals surface area contributed by atoms with Crippen LogP contribution in [0.15, 0.2) is 15.6 Å². The van der Waals surface area contributed by atoms with E-state index in [-0.39, 0.29) is 5.56 Å². The highest BCUT2D eigenvalue weighted by molar-refractivity contribution is 7.18. The minimum absolute atomic E-state index is 0.0389. The molecule has 1 aliphatic rings. The molecule has 7 heteroatoms. The molecule has 0 saturated carbocycles. The Bertz CT molecular complexity index is 934. The van der Waals surface area contributed by atoms with Gasteiger partial charge in [0.15, 0.2) is 0 Å². The molecule has 0 atom stereocenters. The van der Waals surface area contributed by atoms with E-state index in [0.717, 1.165) is 46.7 Å². The average molecular weight is 330 g/mol. The highest BCUT2D eigenvalue weighted by Crippen LogP contribution is 2.31. The van der Waals surface area contributed by atoms with Gasteiger partial charge < -0.3 is 9.42 Å². The van der Waals surface area contributed by atoms with Crippen molar-refractivity contribution in [2.75, 3.05) is 13.6 Å². The molecular weight excluding hydrogens is 312 g/mol. The van der Waals surface area contributed by atoms with Crippen molar-refractivity contribution in [1.82, 2.24) is 19.6 Å². The summed E-state index contributed by atoms with van der Waals surface area (Å²) in [6.45, 7) is 6.10. The normalized spacial score (nSPS) is 15.3. The van der Waals surface area contributed by atoms with Gasteiger partial charge in [-0.05, 0) is 32.9 Å². The molecule has 4 heterocycles. The topological polar surface area (TPSA) is 64.2 Å². The quantitative estimate of drug-likeness (QED) is 0.720. The zero-order chi connectivity index (χ0) is 16.1. The van der Waals surface area contributed by atoms with E-state index >= 15 is 0 Å². The molecule has 4 rings (SSSR count). The first-order chi connectivity index (χ1) is 11.0. The summed E-state index contributed by atoms with van der Waals surface area (Å²) in [5.41, 5.74) is 3.01. The van der Waals surface area contributed by atoms with E-state index in [1.165, 1.54) is 10.4 Å². The van der Waals surface area contributed by atoms with Crippen molar-refractivity contribution in [2.45, 2.75) is 33.4 Å². The molecule has 120 valence electrons. The molecule has 0 fully saturated rings. The van der Waals surface area contributed by atoms with Crippen LogP contribution in [0.25, 0.3) is 10.2 Å². The summed E-state index contributed by atoms with van der Waals surface area (Å²) in [4.78, 5) is 21.9. The predicted octanol–water partition coefficient (Wildman–Crippen LogP) is 2.10. The summed E-state index contributed by atoms with van der Waals surface area (Å²) < 4.78 is 6.86. The molecule has 3 aromatic heterocycles. The van der Waals surface area contributed by atoms with Crippen LogP contribution in [0.1, 0.15) is 27.5 Å². The summed E-state index contributed by atoms with van der Waals surface area (Å²) in [6, 6.07) is 0. The highest BCUT2D eigenvalue weighted by atomic mass is 32.1. The standard InChI is InChI=1S/C16H18N4O2S/c1-9-12(10(2)22-18-9)6-20-8-17-15-14(16(20)21)11-4-5-19(3)7-13(11)23-15/h8H,4-7H2,1-3H3. The number of hydrogen-bond donors (Lipinski definition) is 0. The fraction of sp³-hybridized carbons (Fsp3) is 0.438. The number of fused-ring (bicyclic) bond motifs is 3. The van der Waals surface area contributed by atoms with Crippen LogP contribution < -0.4 is 5.56 Å². The van der Waals surface area contributed by atoms with Crippen molar-refractivity contribution in [3.63, 3.8) is 0 Å². The number of likely N-dealkylation sites (N-methyl/N-ethyl adjacent to an activating group) is 1. The number of aryl methyl sites for hydroxylation is 2. The van der Waals surface area contributed by atoms with Gasteiger partial charge in [-0.25, -0.2) is 4.98 Å².